The third kappa shape index (κ3) is 6.33. The van der Waals surface area contributed by atoms with Crippen molar-refractivity contribution >= 4 is 30.1 Å². The average molecular weight is 433 g/mol. The predicted octanol–water partition coefficient (Wildman–Crippen LogP) is 5.09. The summed E-state index contributed by atoms with van der Waals surface area (Å²) in [4.78, 5) is 4.65. The number of fused-ring (bicyclic) bond motifs is 1. The quantitative estimate of drug-likeness (QED) is 0.330. The Morgan fingerprint density at radius 2 is 1.91 bits per heavy atom. The number of nitrogens with two attached hydrogens (primary N) is 1. The van der Waals surface area contributed by atoms with Crippen molar-refractivity contribution < 1.29 is 0 Å². The Labute approximate surface area is 193 Å². The van der Waals surface area contributed by atoms with E-state index in [4.69, 9.17) is 5.73 Å². The van der Waals surface area contributed by atoms with Gasteiger partial charge in [-0.15, -0.1) is 6.58 Å². The van der Waals surface area contributed by atoms with E-state index < -0.39 is 0 Å². The van der Waals surface area contributed by atoms with E-state index in [2.05, 4.69) is 72.9 Å². The molecular weight excluding hydrogens is 392 g/mol. The first-order valence-corrected chi connectivity index (χ1v) is 11.7. The fourth-order valence-corrected chi connectivity index (χ4v) is 4.06. The molecule has 0 aliphatic carbocycles. The van der Waals surface area contributed by atoms with Crippen molar-refractivity contribution in [3.8, 4) is 0 Å². The summed E-state index contributed by atoms with van der Waals surface area (Å²) < 4.78 is 2.23. The highest BCUT2D eigenvalue weighted by Gasteiger charge is 2.23. The molecule has 1 unspecified atom stereocenters. The Morgan fingerprint density at radius 3 is 2.56 bits per heavy atom. The third-order valence-corrected chi connectivity index (χ3v) is 5.82. The highest BCUT2D eigenvalue weighted by molar-refractivity contribution is 5.87. The molecule has 0 bridgehead atoms. The Kier molecular flexibility index (Phi) is 10.2. The van der Waals surface area contributed by atoms with Gasteiger partial charge in [0.05, 0.1) is 12.6 Å². The van der Waals surface area contributed by atoms with E-state index >= 15 is 0 Å². The molecule has 1 fully saturated rings. The fourth-order valence-electron chi connectivity index (χ4n) is 4.06. The van der Waals surface area contributed by atoms with E-state index in [1.165, 1.54) is 17.4 Å². The molecular formula is C28H40N4. The van der Waals surface area contributed by atoms with Gasteiger partial charge in [0.25, 0.3) is 0 Å². The van der Waals surface area contributed by atoms with Gasteiger partial charge >= 0.3 is 0 Å². The monoisotopic (exact) mass is 432 g/mol. The van der Waals surface area contributed by atoms with Crippen LogP contribution in [0.5, 0.6) is 0 Å². The summed E-state index contributed by atoms with van der Waals surface area (Å²) in [6.07, 6.45) is 11.3. The summed E-state index contributed by atoms with van der Waals surface area (Å²) >= 11 is 0. The lowest BCUT2D eigenvalue weighted by molar-refractivity contribution is 0.458. The number of aliphatic imine (C=N–C) groups is 1. The van der Waals surface area contributed by atoms with Crippen LogP contribution in [0, 0.1) is 0 Å². The van der Waals surface area contributed by atoms with Crippen LogP contribution < -0.4 is 21.7 Å². The molecule has 4 heteroatoms. The maximum atomic E-state index is 5.54. The molecule has 1 saturated heterocycles. The lowest BCUT2D eigenvalue weighted by atomic mass is 10.0. The first-order valence-electron chi connectivity index (χ1n) is 11.7. The van der Waals surface area contributed by atoms with Gasteiger partial charge in [0, 0.05) is 32.9 Å². The van der Waals surface area contributed by atoms with Crippen molar-refractivity contribution in [2.45, 2.75) is 64.5 Å². The standard InChI is InChI=1S/C24H32N4.C4H8/c1-17-12-13-23(18(2)27-17)28-19(3)22-11-9-10-21(24(22)20(28)4)16-26-15-8-6-5-7-14-25;1-3-4-2/h9-11,15,23,27H,1-8,12-14,16,25H2;3H,1,4H2,2H3. The van der Waals surface area contributed by atoms with Gasteiger partial charge < -0.3 is 15.6 Å². The number of aromatic nitrogens is 1. The van der Waals surface area contributed by atoms with E-state index in [0.717, 1.165) is 72.5 Å². The molecule has 1 aliphatic rings. The first-order chi connectivity index (χ1) is 15.5. The van der Waals surface area contributed by atoms with Crippen molar-refractivity contribution in [3.63, 3.8) is 0 Å². The van der Waals surface area contributed by atoms with Crippen LogP contribution in [0.25, 0.3) is 23.9 Å². The van der Waals surface area contributed by atoms with E-state index in [1.54, 1.807) is 0 Å². The van der Waals surface area contributed by atoms with Gasteiger partial charge in [-0.2, -0.15) is 0 Å². The molecule has 1 aromatic heterocycles. The van der Waals surface area contributed by atoms with Crippen LogP contribution in [0.4, 0.5) is 0 Å². The Bertz CT molecular complexity index is 1060. The topological polar surface area (TPSA) is 55.3 Å². The molecule has 3 rings (SSSR count). The van der Waals surface area contributed by atoms with Crippen LogP contribution in [0.1, 0.15) is 63.5 Å². The zero-order valence-corrected chi connectivity index (χ0v) is 19.8. The average Bonchev–Trinajstić information content (AvgIpc) is 3.04. The van der Waals surface area contributed by atoms with E-state index in [1.807, 2.05) is 12.3 Å². The van der Waals surface area contributed by atoms with Gasteiger partial charge in [-0.05, 0) is 56.8 Å². The number of nitrogens with one attached hydrogen (secondary N) is 1. The van der Waals surface area contributed by atoms with Crippen LogP contribution in [0.15, 0.2) is 60.4 Å². The lowest BCUT2D eigenvalue weighted by Crippen LogP contribution is -2.36. The molecule has 2 aromatic rings. The largest absolute Gasteiger partial charge is 0.362 e. The van der Waals surface area contributed by atoms with Crippen LogP contribution in [-0.2, 0) is 6.54 Å². The minimum absolute atomic E-state index is 0.150. The van der Waals surface area contributed by atoms with E-state index in [-0.39, 0.29) is 6.04 Å². The second kappa shape index (κ2) is 12.9. The zero-order chi connectivity index (χ0) is 23.5. The maximum absolute atomic E-state index is 5.54. The zero-order valence-electron chi connectivity index (χ0n) is 19.8. The number of hydrogen-bond acceptors (Lipinski definition) is 3. The molecule has 0 amide bonds. The summed E-state index contributed by atoms with van der Waals surface area (Å²) in [7, 11) is 0. The number of piperidine rings is 1. The molecule has 0 radical (unpaired) electrons. The van der Waals surface area contributed by atoms with Crippen LogP contribution in [0.2, 0.25) is 0 Å². The number of unbranched alkanes of at least 4 members (excludes halogenated alkanes) is 3. The number of benzene rings is 1. The fraction of sp³-hybridized carbons (Fsp3) is 0.393. The van der Waals surface area contributed by atoms with Crippen molar-refractivity contribution in [1.82, 2.24) is 9.88 Å². The number of hydrogen-bond donors (Lipinski definition) is 2. The smallest absolute Gasteiger partial charge is 0.0738 e. The van der Waals surface area contributed by atoms with Gasteiger partial charge in [0.15, 0.2) is 0 Å². The van der Waals surface area contributed by atoms with Crippen LogP contribution in [-0.4, -0.2) is 17.3 Å². The lowest BCUT2D eigenvalue weighted by Gasteiger charge is -2.29. The summed E-state index contributed by atoms with van der Waals surface area (Å²) in [5.41, 5.74) is 8.72. The van der Waals surface area contributed by atoms with Crippen molar-refractivity contribution in [1.29, 1.82) is 0 Å². The van der Waals surface area contributed by atoms with Gasteiger partial charge in [-0.25, -0.2) is 0 Å². The second-order valence-corrected chi connectivity index (χ2v) is 8.27. The van der Waals surface area contributed by atoms with E-state index in [9.17, 15) is 0 Å². The Hall–Kier alpha value is -2.85. The van der Waals surface area contributed by atoms with Gasteiger partial charge in [-0.3, -0.25) is 4.99 Å². The normalized spacial score (nSPS) is 16.1. The van der Waals surface area contributed by atoms with Crippen molar-refractivity contribution in [2.24, 2.45) is 10.7 Å². The number of nitrogens with zero attached hydrogens (tertiary/aromatic N) is 2. The number of allylic oxidation sites excluding steroid dienone is 3. The summed E-state index contributed by atoms with van der Waals surface area (Å²) in [5.74, 6) is 0. The van der Waals surface area contributed by atoms with Crippen molar-refractivity contribution in [3.05, 3.63) is 71.7 Å². The third-order valence-electron chi connectivity index (χ3n) is 5.82. The Balaban J connectivity index is 0.000000837. The van der Waals surface area contributed by atoms with Crippen molar-refractivity contribution in [2.75, 3.05) is 6.54 Å². The molecule has 1 aromatic carbocycles. The van der Waals surface area contributed by atoms with Gasteiger partial charge in [-0.1, -0.05) is 63.9 Å². The SMILES string of the molecule is C=C1CCC(n2c(=C)c3cccc(CN=CCCCCCN)c3c2=C)C(=C)N1.C=CCC. The molecule has 4 nitrogen and oxygen atoms in total. The maximum Gasteiger partial charge on any atom is 0.0738 e. The molecule has 0 saturated carbocycles. The molecule has 3 N–H and O–H groups in total. The summed E-state index contributed by atoms with van der Waals surface area (Å²) in [6, 6.07) is 6.50. The molecule has 2 heterocycles. The molecule has 0 spiro atoms. The van der Waals surface area contributed by atoms with Crippen LogP contribution >= 0.6 is 0 Å². The van der Waals surface area contributed by atoms with Gasteiger partial charge in [0.2, 0.25) is 0 Å². The second-order valence-electron chi connectivity index (χ2n) is 8.27. The molecule has 32 heavy (non-hydrogen) atoms. The summed E-state index contributed by atoms with van der Waals surface area (Å²) in [6.45, 7) is 24.0. The molecule has 1 atom stereocenters. The minimum Gasteiger partial charge on any atom is -0.362 e. The minimum atomic E-state index is 0.150. The van der Waals surface area contributed by atoms with Gasteiger partial charge in [0.1, 0.15) is 0 Å². The first kappa shape index (κ1) is 25.4. The summed E-state index contributed by atoms with van der Waals surface area (Å²) in [5, 5.41) is 7.62. The van der Waals surface area contributed by atoms with E-state index in [0.29, 0.717) is 6.54 Å². The molecule has 172 valence electrons. The highest BCUT2D eigenvalue weighted by atomic mass is 15.1. The Morgan fingerprint density at radius 1 is 1.16 bits per heavy atom. The molecule has 1 aliphatic heterocycles. The van der Waals surface area contributed by atoms with Crippen LogP contribution in [0.3, 0.4) is 0 Å². The highest BCUT2D eigenvalue weighted by Crippen LogP contribution is 2.27. The predicted molar refractivity (Wildman–Crippen MR) is 142 cm³/mol. The number of rotatable bonds is 9.